The van der Waals surface area contributed by atoms with Crippen LogP contribution >= 0.6 is 0 Å². The number of anilines is 4. The maximum absolute atomic E-state index is 4.67. The Balaban J connectivity index is 1.75. The Morgan fingerprint density at radius 3 is 2.18 bits per heavy atom. The molecule has 0 saturated heterocycles. The van der Waals surface area contributed by atoms with Crippen molar-refractivity contribution in [2.45, 2.75) is 27.7 Å². The Morgan fingerprint density at radius 2 is 1.43 bits per heavy atom. The molecule has 0 spiro atoms. The Kier molecular flexibility index (Phi) is 4.61. The van der Waals surface area contributed by atoms with Crippen LogP contribution in [-0.2, 0) is 0 Å². The van der Waals surface area contributed by atoms with Crippen LogP contribution in [0, 0.1) is 27.7 Å². The molecule has 0 atom stereocenters. The largest absolute Gasteiger partial charge is 0.338 e. The van der Waals surface area contributed by atoms with E-state index in [-0.39, 0.29) is 0 Å². The molecular formula is C22H22N6. The Hall–Kier alpha value is -3.54. The van der Waals surface area contributed by atoms with Gasteiger partial charge in [-0.25, -0.2) is 9.97 Å². The van der Waals surface area contributed by atoms with Crippen molar-refractivity contribution in [3.63, 3.8) is 0 Å². The number of aryl methyl sites for hydroxylation is 4. The topological polar surface area (TPSA) is 75.6 Å². The molecule has 0 amide bonds. The van der Waals surface area contributed by atoms with Crippen LogP contribution in [0.3, 0.4) is 0 Å². The quantitative estimate of drug-likeness (QED) is 0.518. The molecule has 6 heteroatoms. The van der Waals surface area contributed by atoms with E-state index >= 15 is 0 Å². The van der Waals surface area contributed by atoms with Gasteiger partial charge in [-0.2, -0.15) is 9.97 Å². The summed E-state index contributed by atoms with van der Waals surface area (Å²) in [5.41, 5.74) is 7.87. The van der Waals surface area contributed by atoms with E-state index in [0.29, 0.717) is 22.9 Å². The van der Waals surface area contributed by atoms with Crippen molar-refractivity contribution < 1.29 is 0 Å². The third-order valence-electron chi connectivity index (χ3n) is 4.58. The van der Waals surface area contributed by atoms with Gasteiger partial charge in [-0.1, -0.05) is 12.1 Å². The smallest absolute Gasteiger partial charge is 0.231 e. The van der Waals surface area contributed by atoms with Gasteiger partial charge in [0.05, 0.1) is 0 Å². The van der Waals surface area contributed by atoms with Crippen molar-refractivity contribution in [3.8, 4) is 0 Å². The van der Waals surface area contributed by atoms with E-state index < -0.39 is 0 Å². The standard InChI is InChI=1S/C22H22N6/c1-13-9-14(2)11-18(10-13)26-22-27-20-19(23-7-8-24-20)21(28-22)25-17-6-5-15(3)16(4)12-17/h5-12H,1-4H3,(H2,24,25,26,27,28). The first-order chi connectivity index (χ1) is 13.5. The van der Waals surface area contributed by atoms with Crippen LogP contribution in [0.5, 0.6) is 0 Å². The van der Waals surface area contributed by atoms with Gasteiger partial charge in [0.2, 0.25) is 5.95 Å². The minimum atomic E-state index is 0.476. The summed E-state index contributed by atoms with van der Waals surface area (Å²) in [6.07, 6.45) is 3.28. The molecule has 2 aromatic heterocycles. The zero-order valence-electron chi connectivity index (χ0n) is 16.4. The number of nitrogens with zero attached hydrogens (tertiary/aromatic N) is 4. The van der Waals surface area contributed by atoms with Crippen LogP contribution in [0.2, 0.25) is 0 Å². The molecule has 0 aliphatic carbocycles. The van der Waals surface area contributed by atoms with Crippen LogP contribution in [0.4, 0.5) is 23.1 Å². The lowest BCUT2D eigenvalue weighted by molar-refractivity contribution is 1.14. The van der Waals surface area contributed by atoms with Gasteiger partial charge in [0.1, 0.15) is 0 Å². The number of nitrogens with one attached hydrogen (secondary N) is 2. The summed E-state index contributed by atoms with van der Waals surface area (Å²) >= 11 is 0. The van der Waals surface area contributed by atoms with Crippen molar-refractivity contribution >= 4 is 34.3 Å². The minimum absolute atomic E-state index is 0.476. The fourth-order valence-electron chi connectivity index (χ4n) is 3.14. The van der Waals surface area contributed by atoms with Crippen molar-refractivity contribution in [1.82, 2.24) is 19.9 Å². The van der Waals surface area contributed by atoms with Crippen molar-refractivity contribution in [1.29, 1.82) is 0 Å². The summed E-state index contributed by atoms with van der Waals surface area (Å²) in [5.74, 6) is 1.09. The lowest BCUT2D eigenvalue weighted by Crippen LogP contribution is -2.04. The molecule has 2 N–H and O–H groups in total. The molecule has 2 aromatic carbocycles. The number of hydrogen-bond donors (Lipinski definition) is 2. The summed E-state index contributed by atoms with van der Waals surface area (Å²) in [5, 5.41) is 6.66. The van der Waals surface area contributed by atoms with E-state index in [4.69, 9.17) is 0 Å². The predicted octanol–water partition coefficient (Wildman–Crippen LogP) is 5.14. The van der Waals surface area contributed by atoms with Gasteiger partial charge in [-0.15, -0.1) is 0 Å². The molecule has 0 aliphatic heterocycles. The lowest BCUT2D eigenvalue weighted by atomic mass is 10.1. The minimum Gasteiger partial charge on any atom is -0.338 e. The van der Waals surface area contributed by atoms with E-state index in [1.54, 1.807) is 12.4 Å². The Labute approximate surface area is 164 Å². The molecule has 0 bridgehead atoms. The van der Waals surface area contributed by atoms with Gasteiger partial charge < -0.3 is 10.6 Å². The SMILES string of the molecule is Cc1cc(C)cc(Nc2nc(Nc3ccc(C)c(C)c3)c3nccnc3n2)c1. The average molecular weight is 370 g/mol. The first-order valence-corrected chi connectivity index (χ1v) is 9.16. The molecule has 0 aliphatic rings. The zero-order valence-corrected chi connectivity index (χ0v) is 16.4. The van der Waals surface area contributed by atoms with E-state index in [0.717, 1.165) is 11.4 Å². The second-order valence-corrected chi connectivity index (χ2v) is 7.05. The molecule has 2 heterocycles. The molecule has 6 nitrogen and oxygen atoms in total. The second kappa shape index (κ2) is 7.23. The van der Waals surface area contributed by atoms with Crippen molar-refractivity contribution in [3.05, 3.63) is 71.0 Å². The maximum atomic E-state index is 4.67. The number of aromatic nitrogens is 4. The summed E-state index contributed by atoms with van der Waals surface area (Å²) in [4.78, 5) is 18.0. The summed E-state index contributed by atoms with van der Waals surface area (Å²) in [6.45, 7) is 8.32. The molecule has 0 radical (unpaired) electrons. The van der Waals surface area contributed by atoms with Crippen LogP contribution < -0.4 is 10.6 Å². The summed E-state index contributed by atoms with van der Waals surface area (Å²) in [6, 6.07) is 12.5. The molecular weight excluding hydrogens is 348 g/mol. The predicted molar refractivity (Wildman–Crippen MR) is 114 cm³/mol. The van der Waals surface area contributed by atoms with Gasteiger partial charge in [0.25, 0.3) is 0 Å². The molecule has 4 aromatic rings. The lowest BCUT2D eigenvalue weighted by Gasteiger charge is -2.12. The first kappa shape index (κ1) is 17.9. The second-order valence-electron chi connectivity index (χ2n) is 7.05. The number of hydrogen-bond acceptors (Lipinski definition) is 6. The zero-order chi connectivity index (χ0) is 19.7. The van der Waals surface area contributed by atoms with Gasteiger partial charge in [-0.05, 0) is 74.2 Å². The van der Waals surface area contributed by atoms with E-state index in [1.165, 1.54) is 22.3 Å². The van der Waals surface area contributed by atoms with Gasteiger partial charge >= 0.3 is 0 Å². The van der Waals surface area contributed by atoms with Gasteiger partial charge in [0.15, 0.2) is 17.0 Å². The highest BCUT2D eigenvalue weighted by Crippen LogP contribution is 2.25. The van der Waals surface area contributed by atoms with Gasteiger partial charge in [0, 0.05) is 23.8 Å². The third-order valence-corrected chi connectivity index (χ3v) is 4.58. The number of fused-ring (bicyclic) bond motifs is 1. The van der Waals surface area contributed by atoms with E-state index in [9.17, 15) is 0 Å². The molecule has 0 unspecified atom stereocenters. The highest BCUT2D eigenvalue weighted by atomic mass is 15.2. The van der Waals surface area contributed by atoms with Gasteiger partial charge in [-0.3, -0.25) is 0 Å². The first-order valence-electron chi connectivity index (χ1n) is 9.16. The maximum Gasteiger partial charge on any atom is 0.231 e. The van der Waals surface area contributed by atoms with Crippen LogP contribution in [0.15, 0.2) is 48.8 Å². The van der Waals surface area contributed by atoms with Crippen LogP contribution in [-0.4, -0.2) is 19.9 Å². The van der Waals surface area contributed by atoms with Crippen LogP contribution in [0.1, 0.15) is 22.3 Å². The summed E-state index contributed by atoms with van der Waals surface area (Å²) < 4.78 is 0. The third kappa shape index (κ3) is 3.76. The molecule has 140 valence electrons. The van der Waals surface area contributed by atoms with Crippen molar-refractivity contribution in [2.24, 2.45) is 0 Å². The average Bonchev–Trinajstić information content (AvgIpc) is 2.64. The fraction of sp³-hybridized carbons (Fsp3) is 0.182. The number of rotatable bonds is 4. The number of benzene rings is 2. The fourth-order valence-corrected chi connectivity index (χ4v) is 3.14. The van der Waals surface area contributed by atoms with Crippen molar-refractivity contribution in [2.75, 3.05) is 10.6 Å². The Morgan fingerprint density at radius 1 is 0.679 bits per heavy atom. The molecule has 28 heavy (non-hydrogen) atoms. The highest BCUT2D eigenvalue weighted by Gasteiger charge is 2.11. The normalized spacial score (nSPS) is 10.9. The monoisotopic (exact) mass is 370 g/mol. The highest BCUT2D eigenvalue weighted by molar-refractivity contribution is 5.86. The van der Waals surface area contributed by atoms with E-state index in [1.807, 2.05) is 6.07 Å². The molecule has 0 fully saturated rings. The molecule has 0 saturated carbocycles. The Bertz CT molecular complexity index is 1150. The van der Waals surface area contributed by atoms with E-state index in [2.05, 4.69) is 88.6 Å². The van der Waals surface area contributed by atoms with Crippen LogP contribution in [0.25, 0.3) is 11.2 Å². The molecule has 4 rings (SSSR count). The summed E-state index contributed by atoms with van der Waals surface area (Å²) in [7, 11) is 0.